The fourth-order valence-corrected chi connectivity index (χ4v) is 3.64. The van der Waals surface area contributed by atoms with E-state index in [0.717, 1.165) is 5.56 Å². The zero-order valence-corrected chi connectivity index (χ0v) is 21.1. The molecular formula is C25H27N5O7. The molecule has 2 heterocycles. The van der Waals surface area contributed by atoms with Crippen LogP contribution < -0.4 is 33.7 Å². The lowest BCUT2D eigenvalue weighted by atomic mass is 10.1. The number of fused-ring (bicyclic) bond motifs is 1. The van der Waals surface area contributed by atoms with Crippen LogP contribution in [0, 0.1) is 0 Å². The molecule has 4 rings (SSSR count). The van der Waals surface area contributed by atoms with Gasteiger partial charge in [0.2, 0.25) is 11.6 Å². The maximum atomic E-state index is 12.7. The summed E-state index contributed by atoms with van der Waals surface area (Å²) in [6.45, 7) is 0.419. The molecule has 0 fully saturated rings. The molecular weight excluding hydrogens is 482 g/mol. The summed E-state index contributed by atoms with van der Waals surface area (Å²) in [6, 6.07) is 12.0. The first-order valence-corrected chi connectivity index (χ1v) is 11.2. The number of nitrogens with zero attached hydrogens (tertiary/aromatic N) is 4. The number of carbonyl (C=O) groups excluding carboxylic acids is 1. The van der Waals surface area contributed by atoms with E-state index in [1.54, 1.807) is 55.1 Å². The summed E-state index contributed by atoms with van der Waals surface area (Å²) in [5.74, 6) is 2.89. The first kappa shape index (κ1) is 25.4. The number of amides is 1. The SMILES string of the molecule is COc1ccc(-c2nnc3ccc(OCCNC(=O)c4cc(OC)c(OC)c(OC)c4)nn23)cc1OC. The molecule has 0 aliphatic carbocycles. The molecule has 2 aromatic heterocycles. The molecule has 0 atom stereocenters. The summed E-state index contributed by atoms with van der Waals surface area (Å²) >= 11 is 0. The largest absolute Gasteiger partial charge is 0.493 e. The van der Waals surface area contributed by atoms with Crippen molar-refractivity contribution in [2.24, 2.45) is 0 Å². The molecule has 12 heteroatoms. The van der Waals surface area contributed by atoms with Crippen molar-refractivity contribution < 1.29 is 33.2 Å². The van der Waals surface area contributed by atoms with Gasteiger partial charge in [0, 0.05) is 17.2 Å². The maximum absolute atomic E-state index is 12.7. The van der Waals surface area contributed by atoms with Crippen molar-refractivity contribution >= 4 is 11.6 Å². The predicted molar refractivity (Wildman–Crippen MR) is 133 cm³/mol. The summed E-state index contributed by atoms with van der Waals surface area (Å²) in [5, 5.41) is 15.7. The zero-order chi connectivity index (χ0) is 26.4. The number of ether oxygens (including phenoxy) is 6. The van der Waals surface area contributed by atoms with E-state index in [9.17, 15) is 4.79 Å². The molecule has 0 bridgehead atoms. The van der Waals surface area contributed by atoms with E-state index in [0.29, 0.717) is 51.7 Å². The lowest BCUT2D eigenvalue weighted by molar-refractivity contribution is 0.0945. The number of carbonyl (C=O) groups is 1. The van der Waals surface area contributed by atoms with E-state index in [2.05, 4.69) is 20.6 Å². The second-order valence-electron chi connectivity index (χ2n) is 7.55. The number of hydrogen-bond acceptors (Lipinski definition) is 10. The molecule has 0 spiro atoms. The quantitative estimate of drug-likeness (QED) is 0.301. The van der Waals surface area contributed by atoms with Crippen molar-refractivity contribution in [2.45, 2.75) is 0 Å². The van der Waals surface area contributed by atoms with Crippen LogP contribution in [0.1, 0.15) is 10.4 Å². The number of methoxy groups -OCH3 is 5. The second-order valence-corrected chi connectivity index (χ2v) is 7.55. The molecule has 0 unspecified atom stereocenters. The van der Waals surface area contributed by atoms with Crippen LogP contribution in [0.4, 0.5) is 0 Å². The van der Waals surface area contributed by atoms with E-state index in [1.165, 1.54) is 21.3 Å². The first-order valence-electron chi connectivity index (χ1n) is 11.2. The van der Waals surface area contributed by atoms with Crippen molar-refractivity contribution in [3.05, 3.63) is 48.0 Å². The molecule has 0 radical (unpaired) electrons. The fourth-order valence-electron chi connectivity index (χ4n) is 3.64. The Morgan fingerprint density at radius 2 is 1.51 bits per heavy atom. The third kappa shape index (κ3) is 5.27. The number of aromatic nitrogens is 4. The Hall–Kier alpha value is -4.74. The third-order valence-corrected chi connectivity index (χ3v) is 5.44. The summed E-state index contributed by atoms with van der Waals surface area (Å²) in [7, 11) is 7.61. The molecule has 0 aliphatic rings. The van der Waals surface area contributed by atoms with Crippen molar-refractivity contribution in [3.63, 3.8) is 0 Å². The molecule has 12 nitrogen and oxygen atoms in total. The molecule has 1 N–H and O–H groups in total. The highest BCUT2D eigenvalue weighted by Crippen LogP contribution is 2.38. The summed E-state index contributed by atoms with van der Waals surface area (Å²) < 4.78 is 33.9. The Bertz CT molecular complexity index is 1380. The second kappa shape index (κ2) is 11.3. The van der Waals surface area contributed by atoms with Gasteiger partial charge in [-0.15, -0.1) is 15.3 Å². The van der Waals surface area contributed by atoms with Crippen LogP contribution in [0.3, 0.4) is 0 Å². The molecule has 2 aromatic carbocycles. The van der Waals surface area contributed by atoms with Crippen LogP contribution in [0.2, 0.25) is 0 Å². The molecule has 194 valence electrons. The van der Waals surface area contributed by atoms with Gasteiger partial charge in [-0.3, -0.25) is 4.79 Å². The molecule has 0 saturated heterocycles. The Balaban J connectivity index is 1.43. The van der Waals surface area contributed by atoms with Gasteiger partial charge >= 0.3 is 0 Å². The Kier molecular flexibility index (Phi) is 7.77. The van der Waals surface area contributed by atoms with Gasteiger partial charge in [0.15, 0.2) is 34.5 Å². The van der Waals surface area contributed by atoms with Crippen LogP contribution in [0.5, 0.6) is 34.6 Å². The summed E-state index contributed by atoms with van der Waals surface area (Å²) in [5.41, 5.74) is 1.65. The van der Waals surface area contributed by atoms with Gasteiger partial charge in [-0.05, 0) is 36.4 Å². The van der Waals surface area contributed by atoms with E-state index < -0.39 is 0 Å². The maximum Gasteiger partial charge on any atom is 0.251 e. The average molecular weight is 510 g/mol. The molecule has 1 amide bonds. The van der Waals surface area contributed by atoms with Gasteiger partial charge in [0.1, 0.15) is 6.61 Å². The number of hydrogen-bond donors (Lipinski definition) is 1. The predicted octanol–water partition coefficient (Wildman–Crippen LogP) is 2.64. The lowest BCUT2D eigenvalue weighted by Gasteiger charge is -2.14. The number of rotatable bonds is 11. The summed E-state index contributed by atoms with van der Waals surface area (Å²) in [4.78, 5) is 12.7. The number of nitrogens with one attached hydrogen (secondary N) is 1. The van der Waals surface area contributed by atoms with Gasteiger partial charge in [0.05, 0.1) is 42.1 Å². The van der Waals surface area contributed by atoms with Gasteiger partial charge in [-0.25, -0.2) is 0 Å². The zero-order valence-electron chi connectivity index (χ0n) is 21.1. The fraction of sp³-hybridized carbons (Fsp3) is 0.280. The van der Waals surface area contributed by atoms with Crippen LogP contribution in [-0.2, 0) is 0 Å². The minimum atomic E-state index is -0.319. The van der Waals surface area contributed by atoms with Crippen molar-refractivity contribution in [3.8, 4) is 46.0 Å². The van der Waals surface area contributed by atoms with Gasteiger partial charge in [-0.2, -0.15) is 4.52 Å². The Morgan fingerprint density at radius 3 is 2.16 bits per heavy atom. The standard InChI is InChI=1S/C25H27N5O7/c1-32-17-7-6-15(12-18(17)33-2)24-28-27-21-8-9-22(29-30(21)24)37-11-10-26-25(31)16-13-19(34-3)23(36-5)20(14-16)35-4/h6-9,12-14H,10-11H2,1-5H3,(H,26,31). The molecule has 37 heavy (non-hydrogen) atoms. The van der Waals surface area contributed by atoms with E-state index in [4.69, 9.17) is 28.4 Å². The minimum absolute atomic E-state index is 0.183. The van der Waals surface area contributed by atoms with Crippen LogP contribution in [-0.4, -0.2) is 74.4 Å². The first-order chi connectivity index (χ1) is 18.0. The number of benzene rings is 2. The van der Waals surface area contributed by atoms with Gasteiger partial charge < -0.3 is 33.7 Å². The van der Waals surface area contributed by atoms with Crippen molar-refractivity contribution in [1.29, 1.82) is 0 Å². The smallest absolute Gasteiger partial charge is 0.251 e. The van der Waals surface area contributed by atoms with E-state index in [-0.39, 0.29) is 19.1 Å². The highest BCUT2D eigenvalue weighted by Gasteiger charge is 2.17. The van der Waals surface area contributed by atoms with E-state index >= 15 is 0 Å². The van der Waals surface area contributed by atoms with Gasteiger partial charge in [-0.1, -0.05) is 0 Å². The van der Waals surface area contributed by atoms with Crippen LogP contribution >= 0.6 is 0 Å². The topological polar surface area (TPSA) is 128 Å². The van der Waals surface area contributed by atoms with Crippen LogP contribution in [0.25, 0.3) is 17.0 Å². The highest BCUT2D eigenvalue weighted by atomic mass is 16.5. The van der Waals surface area contributed by atoms with Crippen molar-refractivity contribution in [1.82, 2.24) is 25.1 Å². The third-order valence-electron chi connectivity index (χ3n) is 5.44. The Morgan fingerprint density at radius 1 is 0.811 bits per heavy atom. The lowest BCUT2D eigenvalue weighted by Crippen LogP contribution is -2.28. The molecule has 0 aliphatic heterocycles. The van der Waals surface area contributed by atoms with E-state index in [1.807, 2.05) is 6.07 Å². The normalized spacial score (nSPS) is 10.6. The Labute approximate surface area is 213 Å². The minimum Gasteiger partial charge on any atom is -0.493 e. The molecule has 4 aromatic rings. The molecule has 0 saturated carbocycles. The highest BCUT2D eigenvalue weighted by molar-refractivity contribution is 5.95. The van der Waals surface area contributed by atoms with Crippen molar-refractivity contribution in [2.75, 3.05) is 48.7 Å². The van der Waals surface area contributed by atoms with Gasteiger partial charge in [0.25, 0.3) is 5.91 Å². The summed E-state index contributed by atoms with van der Waals surface area (Å²) in [6.07, 6.45) is 0. The van der Waals surface area contributed by atoms with Crippen LogP contribution in [0.15, 0.2) is 42.5 Å². The monoisotopic (exact) mass is 509 g/mol. The average Bonchev–Trinajstić information content (AvgIpc) is 3.37.